The summed E-state index contributed by atoms with van der Waals surface area (Å²) < 4.78 is 0. The van der Waals surface area contributed by atoms with E-state index in [-0.39, 0.29) is 29.5 Å². The van der Waals surface area contributed by atoms with Crippen molar-refractivity contribution in [2.45, 2.75) is 63.1 Å². The molecule has 7 heteroatoms. The average molecular weight is 634 g/mol. The molecule has 0 N–H and O–H groups in total. The van der Waals surface area contributed by atoms with Crippen LogP contribution < -0.4 is 14.7 Å². The van der Waals surface area contributed by atoms with Gasteiger partial charge in [-0.25, -0.2) is 0 Å². The maximum absolute atomic E-state index is 2.83. The highest BCUT2D eigenvalue weighted by Gasteiger charge is 2.82. The molecule has 9 aliphatic heterocycles. The first-order chi connectivity index (χ1) is 23.5. The largest absolute Gasteiger partial charge is 0.353 e. The van der Waals surface area contributed by atoms with Gasteiger partial charge in [-0.2, -0.15) is 0 Å². The molecule has 6 unspecified atom stereocenters. The fourth-order valence-corrected chi connectivity index (χ4v) is 11.4. The first-order valence-electron chi connectivity index (χ1n) is 17.9. The van der Waals surface area contributed by atoms with Crippen molar-refractivity contribution in [1.29, 1.82) is 0 Å². The number of anilines is 3. The summed E-state index contributed by atoms with van der Waals surface area (Å²) in [6.07, 6.45) is 14.8. The van der Waals surface area contributed by atoms with E-state index < -0.39 is 0 Å². The number of para-hydroxylation sites is 3. The molecule has 12 rings (SSSR count). The minimum Gasteiger partial charge on any atom is -0.353 e. The van der Waals surface area contributed by atoms with E-state index in [1.807, 2.05) is 0 Å². The van der Waals surface area contributed by atoms with Gasteiger partial charge in [0.05, 0.1) is 5.54 Å². The van der Waals surface area contributed by atoms with E-state index in [0.717, 1.165) is 45.6 Å². The Morgan fingerprint density at radius 2 is 1.21 bits per heavy atom. The van der Waals surface area contributed by atoms with Crippen LogP contribution in [0.2, 0.25) is 0 Å². The van der Waals surface area contributed by atoms with Crippen molar-refractivity contribution in [3.05, 3.63) is 137 Å². The van der Waals surface area contributed by atoms with E-state index in [2.05, 4.69) is 159 Å². The van der Waals surface area contributed by atoms with Crippen molar-refractivity contribution in [3.8, 4) is 0 Å². The number of rotatable bonds is 0. The third-order valence-corrected chi connectivity index (χ3v) is 13.0. The molecule has 6 atom stereocenters. The summed E-state index contributed by atoms with van der Waals surface area (Å²) in [6, 6.07) is 28.1. The summed E-state index contributed by atoms with van der Waals surface area (Å²) in [6.45, 7) is 12.2. The lowest BCUT2D eigenvalue weighted by molar-refractivity contribution is -0.156. The molecular weight excluding hydrogens is 591 g/mol. The minimum absolute atomic E-state index is 0.133. The predicted octanol–water partition coefficient (Wildman–Crippen LogP) is 6.31. The van der Waals surface area contributed by atoms with Gasteiger partial charge in [-0.3, -0.25) is 4.90 Å². The van der Waals surface area contributed by atoms with Crippen LogP contribution in [0.15, 0.2) is 121 Å². The molecule has 48 heavy (non-hydrogen) atoms. The summed E-state index contributed by atoms with van der Waals surface area (Å²) >= 11 is 0. The number of hydrogen-bond donors (Lipinski definition) is 0. The Morgan fingerprint density at radius 1 is 0.583 bits per heavy atom. The van der Waals surface area contributed by atoms with Gasteiger partial charge in [0, 0.05) is 91.0 Å². The molecule has 0 aromatic heterocycles. The Hall–Kier alpha value is -4.62. The molecule has 0 radical (unpaired) electrons. The van der Waals surface area contributed by atoms with Gasteiger partial charge in [0.2, 0.25) is 0 Å². The lowest BCUT2D eigenvalue weighted by atomic mass is 9.50. The normalized spacial score (nSPS) is 34.0. The van der Waals surface area contributed by atoms with Gasteiger partial charge >= 0.3 is 0 Å². The highest BCUT2D eigenvalue weighted by atomic mass is 15.6. The van der Waals surface area contributed by atoms with Gasteiger partial charge in [-0.15, -0.1) is 0 Å². The van der Waals surface area contributed by atoms with Crippen molar-refractivity contribution in [2.75, 3.05) is 47.4 Å². The second kappa shape index (κ2) is 9.29. The van der Waals surface area contributed by atoms with Crippen LogP contribution in [0.5, 0.6) is 0 Å². The van der Waals surface area contributed by atoms with E-state index in [4.69, 9.17) is 0 Å². The zero-order valence-electron chi connectivity index (χ0n) is 28.1. The van der Waals surface area contributed by atoms with Crippen LogP contribution in [0, 0.1) is 0 Å². The number of hydrogen-bond acceptors (Lipinski definition) is 7. The van der Waals surface area contributed by atoms with E-state index in [0.29, 0.717) is 0 Å². The minimum atomic E-state index is -0.297. The van der Waals surface area contributed by atoms with Gasteiger partial charge in [-0.1, -0.05) is 60.7 Å². The maximum Gasteiger partial charge on any atom is 0.125 e. The molecule has 0 amide bonds. The Morgan fingerprint density at radius 3 is 2.04 bits per heavy atom. The zero-order valence-corrected chi connectivity index (χ0v) is 28.1. The monoisotopic (exact) mass is 633 g/mol. The van der Waals surface area contributed by atoms with Crippen LogP contribution in [0.4, 0.5) is 17.1 Å². The molecule has 7 nitrogen and oxygen atoms in total. The molecule has 8 bridgehead atoms. The standard InChI is InChI=1S/C41H43N7/c1-28-25-43-23-21-42-20-19-40-32-13-5-8-16-35(32)46(28)37(43)18-10-12-31-11-4-7-15-34(31)47-30(3)27-45(40)39(47)41(40)33-14-6-9-17-36(33)48-29(2)26-44(24-22-42)38(41)48/h4-11,13-18,25-27,37-39H,12,19-24H2,1-3H3/b18-10-. The highest BCUT2D eigenvalue weighted by Crippen LogP contribution is 2.73. The van der Waals surface area contributed by atoms with E-state index in [1.165, 1.54) is 50.8 Å². The van der Waals surface area contributed by atoms with Crippen LogP contribution in [0.1, 0.15) is 43.9 Å². The van der Waals surface area contributed by atoms with Crippen LogP contribution in [0.3, 0.4) is 0 Å². The van der Waals surface area contributed by atoms with Crippen molar-refractivity contribution < 1.29 is 0 Å². The SMILES string of the molecule is CC1=CN2CCN3CCN4C=C(C)N5c6ccccc6C6(C45)C4N5C(C)=CN4C6(CC3)c3ccccc3N1C2/C=C\Cc1ccccc15. The summed E-state index contributed by atoms with van der Waals surface area (Å²) in [7, 11) is 0. The smallest absolute Gasteiger partial charge is 0.125 e. The van der Waals surface area contributed by atoms with Gasteiger partial charge in [0.1, 0.15) is 23.9 Å². The molecule has 3 aromatic rings. The first kappa shape index (κ1) is 27.3. The molecule has 2 fully saturated rings. The Balaban J connectivity index is 1.31. The molecule has 9 aliphatic rings. The van der Waals surface area contributed by atoms with Crippen LogP contribution >= 0.6 is 0 Å². The van der Waals surface area contributed by atoms with Gasteiger partial charge in [-0.05, 0) is 69.0 Å². The number of nitrogens with zero attached hydrogens (tertiary/aromatic N) is 7. The Labute approximate surface area is 283 Å². The second-order valence-electron chi connectivity index (χ2n) is 15.1. The van der Waals surface area contributed by atoms with Crippen LogP contribution in [-0.4, -0.2) is 70.8 Å². The van der Waals surface area contributed by atoms with E-state index in [1.54, 1.807) is 0 Å². The van der Waals surface area contributed by atoms with Gasteiger partial charge < -0.3 is 29.4 Å². The van der Waals surface area contributed by atoms with E-state index in [9.17, 15) is 0 Å². The van der Waals surface area contributed by atoms with Crippen molar-refractivity contribution >= 4 is 17.1 Å². The van der Waals surface area contributed by atoms with Crippen LogP contribution in [-0.2, 0) is 17.4 Å². The zero-order chi connectivity index (χ0) is 31.9. The van der Waals surface area contributed by atoms with Gasteiger partial charge in [0.25, 0.3) is 0 Å². The predicted molar refractivity (Wildman–Crippen MR) is 192 cm³/mol. The maximum atomic E-state index is 2.83. The molecule has 9 heterocycles. The summed E-state index contributed by atoms with van der Waals surface area (Å²) in [4.78, 5) is 19.0. The summed E-state index contributed by atoms with van der Waals surface area (Å²) in [5, 5.41) is 0. The van der Waals surface area contributed by atoms with Crippen molar-refractivity contribution in [2.24, 2.45) is 0 Å². The highest BCUT2D eigenvalue weighted by molar-refractivity contribution is 5.79. The molecule has 0 aliphatic carbocycles. The van der Waals surface area contributed by atoms with Crippen LogP contribution in [0.25, 0.3) is 0 Å². The quantitative estimate of drug-likeness (QED) is 0.268. The molecule has 0 saturated carbocycles. The third kappa shape index (κ3) is 3.02. The Kier molecular flexibility index (Phi) is 5.29. The van der Waals surface area contributed by atoms with Crippen molar-refractivity contribution in [1.82, 2.24) is 19.6 Å². The number of allylic oxidation sites excluding steroid dienone is 4. The fraction of sp³-hybridized carbons (Fsp3) is 0.366. The molecule has 3 aromatic carbocycles. The first-order valence-corrected chi connectivity index (χ1v) is 17.9. The summed E-state index contributed by atoms with van der Waals surface area (Å²) in [5.74, 6) is 0. The summed E-state index contributed by atoms with van der Waals surface area (Å²) in [5.41, 5.74) is 11.9. The van der Waals surface area contributed by atoms with E-state index >= 15 is 0 Å². The third-order valence-electron chi connectivity index (χ3n) is 13.0. The number of fused-ring (bicyclic) bond motifs is 5. The molecule has 242 valence electrons. The second-order valence-corrected chi connectivity index (χ2v) is 15.1. The molecule has 2 spiro atoms. The lowest BCUT2D eigenvalue weighted by Crippen LogP contribution is -2.85. The topological polar surface area (TPSA) is 22.7 Å². The average Bonchev–Trinajstić information content (AvgIpc) is 3.80. The number of benzene rings is 3. The van der Waals surface area contributed by atoms with Gasteiger partial charge in [0.15, 0.2) is 0 Å². The molecular formula is C41H43N7. The Bertz CT molecular complexity index is 2010. The van der Waals surface area contributed by atoms with Crippen molar-refractivity contribution in [3.63, 3.8) is 0 Å². The fourth-order valence-electron chi connectivity index (χ4n) is 11.4. The molecule has 2 saturated heterocycles. The lowest BCUT2D eigenvalue weighted by Gasteiger charge is -2.72.